The lowest BCUT2D eigenvalue weighted by Crippen LogP contribution is -2.68. The van der Waals surface area contributed by atoms with Crippen LogP contribution in [-0.4, -0.2) is 14.9 Å². The first kappa shape index (κ1) is 13.8. The fourth-order valence-corrected chi connectivity index (χ4v) is 5.78. The maximum atomic E-state index is 12.2. The lowest BCUT2D eigenvalue weighted by Gasteiger charge is -2.55. The van der Waals surface area contributed by atoms with Gasteiger partial charge in [-0.2, -0.15) is 0 Å². The van der Waals surface area contributed by atoms with Gasteiger partial charge in [0, 0.05) is 10.8 Å². The molecule has 2 saturated carbocycles. The van der Waals surface area contributed by atoms with Crippen LogP contribution in [0, 0.1) is 5.92 Å². The maximum absolute atomic E-state index is 12.2. The number of rotatable bonds is 2. The molecule has 102 valence electrons. The predicted molar refractivity (Wildman–Crippen MR) is 81.0 cm³/mol. The van der Waals surface area contributed by atoms with Crippen molar-refractivity contribution in [1.29, 1.82) is 0 Å². The van der Waals surface area contributed by atoms with Crippen molar-refractivity contribution in [3.63, 3.8) is 0 Å². The Hall–Kier alpha value is -0.180. The number of hydrogen-bond donors (Lipinski definition) is 0. The molecule has 0 aliphatic heterocycles. The molecule has 2 aliphatic rings. The number of ketones is 1. The number of fused-ring (bicyclic) bond motifs is 1. The third-order valence-electron chi connectivity index (χ3n) is 4.30. The van der Waals surface area contributed by atoms with Crippen molar-refractivity contribution in [3.8, 4) is 0 Å². The second-order valence-corrected chi connectivity index (χ2v) is 8.13. The fraction of sp³-hybridized carbons (Fsp3) is 0.533. The van der Waals surface area contributed by atoms with Gasteiger partial charge in [0.2, 0.25) is 0 Å². The van der Waals surface area contributed by atoms with Gasteiger partial charge < -0.3 is 0 Å². The van der Waals surface area contributed by atoms with Gasteiger partial charge in [-0.05, 0) is 25.0 Å². The molecule has 4 heteroatoms. The highest BCUT2D eigenvalue weighted by molar-refractivity contribution is 8.01. The van der Waals surface area contributed by atoms with E-state index in [2.05, 4.69) is 12.1 Å². The van der Waals surface area contributed by atoms with E-state index in [1.165, 1.54) is 6.42 Å². The van der Waals surface area contributed by atoms with Crippen molar-refractivity contribution in [2.24, 2.45) is 5.92 Å². The molecule has 3 rings (SSSR count). The smallest absolute Gasteiger partial charge is 0.191 e. The van der Waals surface area contributed by atoms with Crippen molar-refractivity contribution in [1.82, 2.24) is 0 Å². The summed E-state index contributed by atoms with van der Waals surface area (Å²) in [5.74, 6) is 0.0522. The van der Waals surface area contributed by atoms with E-state index in [9.17, 15) is 4.79 Å². The van der Waals surface area contributed by atoms with Crippen LogP contribution in [0.3, 0.4) is 0 Å². The number of benzene rings is 1. The van der Waals surface area contributed by atoms with Gasteiger partial charge in [-0.15, -0.1) is 11.8 Å². The van der Waals surface area contributed by atoms with Crippen LogP contribution in [0.15, 0.2) is 35.2 Å². The van der Waals surface area contributed by atoms with Crippen molar-refractivity contribution in [2.45, 2.75) is 46.1 Å². The number of halogens is 2. The van der Waals surface area contributed by atoms with E-state index in [4.69, 9.17) is 23.2 Å². The Labute approximate surface area is 128 Å². The first-order valence-electron chi connectivity index (χ1n) is 6.74. The topological polar surface area (TPSA) is 17.1 Å². The van der Waals surface area contributed by atoms with Crippen LogP contribution in [0.2, 0.25) is 0 Å². The molecule has 1 aromatic rings. The highest BCUT2D eigenvalue weighted by atomic mass is 35.5. The molecule has 2 unspecified atom stereocenters. The lowest BCUT2D eigenvalue weighted by molar-refractivity contribution is -0.133. The monoisotopic (exact) mass is 314 g/mol. The predicted octanol–water partition coefficient (Wildman–Crippen LogP) is 4.85. The van der Waals surface area contributed by atoms with E-state index in [1.54, 1.807) is 11.8 Å². The zero-order chi connectivity index (χ0) is 13.5. The largest absolute Gasteiger partial charge is 0.296 e. The van der Waals surface area contributed by atoms with Gasteiger partial charge in [0.15, 0.2) is 10.1 Å². The molecule has 0 amide bonds. The molecule has 2 aliphatic carbocycles. The Morgan fingerprint density at radius 2 is 1.84 bits per heavy atom. The van der Waals surface area contributed by atoms with Crippen LogP contribution in [0.1, 0.15) is 32.1 Å². The van der Waals surface area contributed by atoms with Gasteiger partial charge in [-0.3, -0.25) is 4.79 Å². The number of carbonyl (C=O) groups is 1. The first-order chi connectivity index (χ1) is 9.08. The third-order valence-corrected chi connectivity index (χ3v) is 7.24. The summed E-state index contributed by atoms with van der Waals surface area (Å²) in [6, 6.07) is 10.1. The van der Waals surface area contributed by atoms with E-state index in [-0.39, 0.29) is 16.4 Å². The minimum absolute atomic E-state index is 0.0233. The number of hydrogen-bond acceptors (Lipinski definition) is 2. The van der Waals surface area contributed by atoms with E-state index >= 15 is 0 Å². The van der Waals surface area contributed by atoms with Crippen molar-refractivity contribution in [3.05, 3.63) is 30.3 Å². The molecule has 2 fully saturated rings. The van der Waals surface area contributed by atoms with Crippen LogP contribution in [-0.2, 0) is 4.79 Å². The van der Waals surface area contributed by atoms with E-state index in [0.717, 1.165) is 30.6 Å². The Balaban J connectivity index is 1.95. The van der Waals surface area contributed by atoms with Crippen molar-refractivity contribution >= 4 is 40.7 Å². The van der Waals surface area contributed by atoms with Crippen LogP contribution >= 0.6 is 35.0 Å². The standard InChI is InChI=1S/C15H16Cl2OS/c16-15(17)13(18)12-9-5-2-6-10-14(12,15)19-11-7-3-1-4-8-11/h1,3-4,7-8,12H,2,5-6,9-10H2. The summed E-state index contributed by atoms with van der Waals surface area (Å²) in [5, 5.41) is 0. The molecular formula is C15H16Cl2OS. The van der Waals surface area contributed by atoms with Crippen molar-refractivity contribution < 1.29 is 4.79 Å². The van der Waals surface area contributed by atoms with Gasteiger partial charge in [-0.25, -0.2) is 0 Å². The quantitative estimate of drug-likeness (QED) is 0.725. The summed E-state index contributed by atoms with van der Waals surface area (Å²) >= 11 is 14.5. The number of thioether (sulfide) groups is 1. The highest BCUT2D eigenvalue weighted by Crippen LogP contribution is 2.65. The maximum Gasteiger partial charge on any atom is 0.191 e. The van der Waals surface area contributed by atoms with E-state index in [1.807, 2.05) is 18.2 Å². The SMILES string of the molecule is O=C1C2CCCCCC2(Sc2ccccc2)C1(Cl)Cl. The fourth-order valence-electron chi connectivity index (χ4n) is 3.27. The molecule has 0 spiro atoms. The summed E-state index contributed by atoms with van der Waals surface area (Å²) in [4.78, 5) is 13.3. The number of alkyl halides is 2. The summed E-state index contributed by atoms with van der Waals surface area (Å²) in [6.07, 6.45) is 5.24. The van der Waals surface area contributed by atoms with Gasteiger partial charge in [-0.1, -0.05) is 60.7 Å². The molecule has 0 bridgehead atoms. The number of carbonyl (C=O) groups excluding carboxylic acids is 1. The normalized spacial score (nSPS) is 33.2. The highest BCUT2D eigenvalue weighted by Gasteiger charge is 2.71. The summed E-state index contributed by atoms with van der Waals surface area (Å²) < 4.78 is -1.55. The van der Waals surface area contributed by atoms with Gasteiger partial charge >= 0.3 is 0 Å². The molecule has 0 saturated heterocycles. The Morgan fingerprint density at radius 1 is 1.11 bits per heavy atom. The van der Waals surface area contributed by atoms with Gasteiger partial charge in [0.05, 0.1) is 4.75 Å². The zero-order valence-corrected chi connectivity index (χ0v) is 12.9. The number of Topliss-reactive ketones (excluding diaryl/α,β-unsaturated/α-hetero) is 1. The van der Waals surface area contributed by atoms with Gasteiger partial charge in [0.1, 0.15) is 0 Å². The molecule has 0 radical (unpaired) electrons. The second-order valence-electron chi connectivity index (χ2n) is 5.40. The lowest BCUT2D eigenvalue weighted by atomic mass is 9.67. The third kappa shape index (κ3) is 2.03. The summed E-state index contributed by atoms with van der Waals surface area (Å²) in [7, 11) is 0. The molecule has 0 heterocycles. The van der Waals surface area contributed by atoms with Crippen LogP contribution in [0.5, 0.6) is 0 Å². The molecule has 1 aromatic carbocycles. The average Bonchev–Trinajstić information content (AvgIpc) is 2.61. The minimum atomic E-state index is -1.22. The second kappa shape index (κ2) is 4.98. The van der Waals surface area contributed by atoms with Crippen molar-refractivity contribution in [2.75, 3.05) is 0 Å². The molecule has 19 heavy (non-hydrogen) atoms. The van der Waals surface area contributed by atoms with Crippen LogP contribution in [0.4, 0.5) is 0 Å². The first-order valence-corrected chi connectivity index (χ1v) is 8.31. The minimum Gasteiger partial charge on any atom is -0.296 e. The Morgan fingerprint density at radius 3 is 2.58 bits per heavy atom. The molecule has 0 aromatic heterocycles. The van der Waals surface area contributed by atoms with E-state index < -0.39 is 4.33 Å². The summed E-state index contributed by atoms with van der Waals surface area (Å²) in [6.45, 7) is 0. The average molecular weight is 315 g/mol. The van der Waals surface area contributed by atoms with E-state index in [0.29, 0.717) is 0 Å². The van der Waals surface area contributed by atoms with Crippen LogP contribution < -0.4 is 0 Å². The van der Waals surface area contributed by atoms with Crippen LogP contribution in [0.25, 0.3) is 0 Å². The summed E-state index contributed by atoms with van der Waals surface area (Å²) in [5.41, 5.74) is 0. The molecule has 2 atom stereocenters. The molecule has 0 N–H and O–H groups in total. The molecular weight excluding hydrogens is 299 g/mol. The Bertz CT molecular complexity index is 488. The zero-order valence-electron chi connectivity index (χ0n) is 10.6. The van der Waals surface area contributed by atoms with Gasteiger partial charge in [0.25, 0.3) is 0 Å². The Kier molecular flexibility index (Phi) is 3.61. The molecule has 1 nitrogen and oxygen atoms in total.